The molecule has 0 aliphatic heterocycles. The third-order valence-corrected chi connectivity index (χ3v) is 3.58. The number of ether oxygens (including phenoxy) is 1. The Morgan fingerprint density at radius 2 is 2.16 bits per heavy atom. The minimum absolute atomic E-state index is 0.0141. The molecular weight excluding hydrogens is 314 g/mol. The summed E-state index contributed by atoms with van der Waals surface area (Å²) in [5, 5.41) is 9.32. The fraction of sp³-hybridized carbons (Fsp3) is 0.462. The topological polar surface area (TPSA) is 64.6 Å². The molecule has 0 fully saturated rings. The molecule has 0 amide bonds. The van der Waals surface area contributed by atoms with E-state index in [2.05, 4.69) is 15.9 Å². The number of halogens is 1. The van der Waals surface area contributed by atoms with Gasteiger partial charge in [0.2, 0.25) is 0 Å². The molecule has 1 heterocycles. The molecule has 1 N–H and O–H groups in total. The maximum atomic E-state index is 11.9. The number of aliphatic hydroxyl groups excluding tert-OH is 1. The highest BCUT2D eigenvalue weighted by molar-refractivity contribution is 9.10. The van der Waals surface area contributed by atoms with E-state index in [0.29, 0.717) is 23.4 Å². The summed E-state index contributed by atoms with van der Waals surface area (Å²) in [6.45, 7) is 4.13. The van der Waals surface area contributed by atoms with Crippen LogP contribution in [0.2, 0.25) is 0 Å². The van der Waals surface area contributed by atoms with E-state index < -0.39 is 11.2 Å². The van der Waals surface area contributed by atoms with Gasteiger partial charge in [0.15, 0.2) is 5.58 Å². The molecule has 0 saturated carbocycles. The number of aromatic nitrogens is 1. The predicted molar refractivity (Wildman–Crippen MR) is 75.6 cm³/mol. The van der Waals surface area contributed by atoms with E-state index in [1.54, 1.807) is 19.2 Å². The number of hydrogen-bond acceptors (Lipinski definition) is 4. The smallest absolute Gasteiger partial charge is 0.419 e. The highest BCUT2D eigenvalue weighted by Gasteiger charge is 2.22. The van der Waals surface area contributed by atoms with E-state index >= 15 is 0 Å². The Bertz CT molecular complexity index is 656. The summed E-state index contributed by atoms with van der Waals surface area (Å²) >= 11 is 3.35. The number of methoxy groups -OCH3 is 1. The number of fused-ring (bicyclic) bond motifs is 1. The van der Waals surface area contributed by atoms with Crippen molar-refractivity contribution in [2.45, 2.75) is 20.4 Å². The van der Waals surface area contributed by atoms with Gasteiger partial charge in [0.25, 0.3) is 0 Å². The zero-order chi connectivity index (χ0) is 14.2. The van der Waals surface area contributed by atoms with E-state index in [1.807, 2.05) is 13.8 Å². The summed E-state index contributed by atoms with van der Waals surface area (Å²) in [5.74, 6) is 0.195. The summed E-state index contributed by atoms with van der Waals surface area (Å²) < 4.78 is 12.7. The van der Waals surface area contributed by atoms with Crippen LogP contribution in [0.4, 0.5) is 0 Å². The molecule has 1 aromatic heterocycles. The molecule has 2 rings (SSSR count). The summed E-state index contributed by atoms with van der Waals surface area (Å²) in [4.78, 5) is 11.9. The lowest BCUT2D eigenvalue weighted by molar-refractivity contribution is 0.139. The first-order chi connectivity index (χ1) is 8.88. The minimum atomic E-state index is -0.434. The molecule has 0 atom stereocenters. The van der Waals surface area contributed by atoms with Crippen LogP contribution in [0.1, 0.15) is 13.8 Å². The van der Waals surface area contributed by atoms with Crippen molar-refractivity contribution in [2.75, 3.05) is 13.7 Å². The predicted octanol–water partition coefficient (Wildman–Crippen LogP) is 2.38. The molecule has 5 nitrogen and oxygen atoms in total. The van der Waals surface area contributed by atoms with Gasteiger partial charge in [-0.15, -0.1) is 0 Å². The number of hydrogen-bond donors (Lipinski definition) is 1. The zero-order valence-corrected chi connectivity index (χ0v) is 12.7. The molecule has 0 aliphatic carbocycles. The summed E-state index contributed by atoms with van der Waals surface area (Å²) in [6.07, 6.45) is 0. The monoisotopic (exact) mass is 329 g/mol. The van der Waals surface area contributed by atoms with Gasteiger partial charge in [0.05, 0.1) is 17.1 Å². The number of rotatable bonds is 4. The van der Waals surface area contributed by atoms with Crippen LogP contribution in [-0.4, -0.2) is 23.4 Å². The third kappa shape index (κ3) is 2.69. The van der Waals surface area contributed by atoms with E-state index in [4.69, 9.17) is 9.15 Å². The van der Waals surface area contributed by atoms with Crippen LogP contribution < -0.4 is 10.5 Å². The molecule has 1 aromatic carbocycles. The summed E-state index contributed by atoms with van der Waals surface area (Å²) in [5.41, 5.74) is 0.749. The van der Waals surface area contributed by atoms with Crippen molar-refractivity contribution in [1.29, 1.82) is 0 Å². The lowest BCUT2D eigenvalue weighted by Crippen LogP contribution is -2.28. The largest absolute Gasteiger partial charge is 0.495 e. The quantitative estimate of drug-likeness (QED) is 0.935. The fourth-order valence-corrected chi connectivity index (χ4v) is 2.33. The number of oxazole rings is 1. The summed E-state index contributed by atoms with van der Waals surface area (Å²) in [7, 11) is 1.56. The molecule has 2 aromatic rings. The fourth-order valence-electron chi connectivity index (χ4n) is 1.85. The van der Waals surface area contributed by atoms with Crippen molar-refractivity contribution in [3.8, 4) is 5.75 Å². The molecule has 6 heteroatoms. The molecule has 0 bridgehead atoms. The first-order valence-corrected chi connectivity index (χ1v) is 6.65. The lowest BCUT2D eigenvalue weighted by Gasteiger charge is -2.21. The van der Waals surface area contributed by atoms with Gasteiger partial charge in [-0.1, -0.05) is 13.8 Å². The second kappa shape index (κ2) is 5.02. The number of aliphatic hydroxyl groups is 1. The SMILES string of the molecule is COc1cc2c(cc1Br)oc(=O)n2CC(C)(C)CO. The van der Waals surface area contributed by atoms with Crippen LogP contribution in [-0.2, 0) is 6.54 Å². The molecule has 0 unspecified atom stereocenters. The van der Waals surface area contributed by atoms with Gasteiger partial charge in [-0.2, -0.15) is 0 Å². The normalized spacial score (nSPS) is 12.1. The van der Waals surface area contributed by atoms with Gasteiger partial charge in [-0.05, 0) is 15.9 Å². The molecule has 104 valence electrons. The second-order valence-corrected chi connectivity index (χ2v) is 6.09. The van der Waals surface area contributed by atoms with Crippen LogP contribution in [0, 0.1) is 5.41 Å². The number of nitrogens with zero attached hydrogens (tertiary/aromatic N) is 1. The number of benzene rings is 1. The first kappa shape index (κ1) is 14.1. The molecule has 0 saturated heterocycles. The average molecular weight is 330 g/mol. The van der Waals surface area contributed by atoms with Crippen molar-refractivity contribution in [3.05, 3.63) is 27.2 Å². The molecule has 19 heavy (non-hydrogen) atoms. The Morgan fingerprint density at radius 3 is 2.74 bits per heavy atom. The van der Waals surface area contributed by atoms with E-state index in [0.717, 1.165) is 4.47 Å². The Hall–Kier alpha value is -1.27. The maximum absolute atomic E-state index is 11.9. The van der Waals surface area contributed by atoms with Gasteiger partial charge in [-0.3, -0.25) is 4.57 Å². The Kier molecular flexibility index (Phi) is 3.73. The first-order valence-electron chi connectivity index (χ1n) is 5.86. The van der Waals surface area contributed by atoms with Gasteiger partial charge in [0.1, 0.15) is 5.75 Å². The van der Waals surface area contributed by atoms with E-state index in [-0.39, 0.29) is 6.61 Å². The molecule has 0 radical (unpaired) electrons. The van der Waals surface area contributed by atoms with E-state index in [1.165, 1.54) is 4.57 Å². The minimum Gasteiger partial charge on any atom is -0.495 e. The van der Waals surface area contributed by atoms with Crippen molar-refractivity contribution in [1.82, 2.24) is 4.57 Å². The molecule has 0 aliphatic rings. The second-order valence-electron chi connectivity index (χ2n) is 5.23. The zero-order valence-electron chi connectivity index (χ0n) is 11.1. The van der Waals surface area contributed by atoms with E-state index in [9.17, 15) is 9.90 Å². The third-order valence-electron chi connectivity index (χ3n) is 2.96. The Labute approximate surface area is 118 Å². The van der Waals surface area contributed by atoms with Gasteiger partial charge >= 0.3 is 5.76 Å². The van der Waals surface area contributed by atoms with Crippen molar-refractivity contribution < 1.29 is 14.3 Å². The van der Waals surface area contributed by atoms with Crippen molar-refractivity contribution >= 4 is 27.0 Å². The van der Waals surface area contributed by atoms with Crippen LogP contribution in [0.3, 0.4) is 0 Å². The highest BCUT2D eigenvalue weighted by atomic mass is 79.9. The standard InChI is InChI=1S/C13H16BrNO4/c1-13(2,7-16)6-15-9-5-10(18-3)8(14)4-11(9)19-12(15)17/h4-5,16H,6-7H2,1-3H3. The van der Waals surface area contributed by atoms with Crippen molar-refractivity contribution in [3.63, 3.8) is 0 Å². The molecular formula is C13H16BrNO4. The van der Waals surface area contributed by atoms with Crippen LogP contribution in [0.15, 0.2) is 25.8 Å². The van der Waals surface area contributed by atoms with Gasteiger partial charge in [-0.25, -0.2) is 4.79 Å². The molecule has 0 spiro atoms. The Morgan fingerprint density at radius 1 is 1.47 bits per heavy atom. The Balaban J connectivity index is 2.61. The maximum Gasteiger partial charge on any atom is 0.419 e. The van der Waals surface area contributed by atoms with Crippen LogP contribution in [0.5, 0.6) is 5.75 Å². The van der Waals surface area contributed by atoms with Crippen LogP contribution >= 0.6 is 15.9 Å². The van der Waals surface area contributed by atoms with Gasteiger partial charge < -0.3 is 14.3 Å². The highest BCUT2D eigenvalue weighted by Crippen LogP contribution is 2.30. The summed E-state index contributed by atoms with van der Waals surface area (Å²) in [6, 6.07) is 3.45. The van der Waals surface area contributed by atoms with Crippen LogP contribution in [0.25, 0.3) is 11.1 Å². The van der Waals surface area contributed by atoms with Crippen molar-refractivity contribution in [2.24, 2.45) is 5.41 Å². The van der Waals surface area contributed by atoms with Gasteiger partial charge in [0, 0.05) is 30.7 Å². The average Bonchev–Trinajstić information content (AvgIpc) is 2.64. The lowest BCUT2D eigenvalue weighted by atomic mass is 9.95.